The normalized spacial score (nSPS) is 11.3. The molecule has 0 unspecified atom stereocenters. The van der Waals surface area contributed by atoms with Crippen molar-refractivity contribution >= 4 is 32.4 Å². The summed E-state index contributed by atoms with van der Waals surface area (Å²) in [6.07, 6.45) is 0. The average Bonchev–Trinajstić information content (AvgIpc) is 3.26. The van der Waals surface area contributed by atoms with Gasteiger partial charge in [-0.15, -0.1) is 0 Å². The van der Waals surface area contributed by atoms with E-state index < -0.39 is 0 Å². The Bertz CT molecular complexity index is 2890. The Kier molecular flexibility index (Phi) is 7.81. The Morgan fingerprint density at radius 2 is 0.833 bits per heavy atom. The molecule has 54 heavy (non-hydrogen) atoms. The summed E-state index contributed by atoms with van der Waals surface area (Å²) in [4.78, 5) is 15.3. The molecular weight excluding hydrogens is 655 g/mol. The molecule has 252 valence electrons. The van der Waals surface area contributed by atoms with Crippen LogP contribution in [0.1, 0.15) is 0 Å². The first-order valence-electron chi connectivity index (χ1n) is 18.3. The molecule has 0 fully saturated rings. The predicted octanol–water partition coefficient (Wildman–Crippen LogP) is 13.3. The van der Waals surface area contributed by atoms with Crippen molar-refractivity contribution in [1.82, 2.24) is 15.0 Å². The highest BCUT2D eigenvalue weighted by atomic mass is 14.9. The SMILES string of the molecule is c1ccc(-c2cc(-c3ccc(-c4ccc5nc(-c6ccccc6)c6cccc(-c7cccc8ccccc78)c6c5c4)cc3)nc(-c3ccccc3)n2)cc1. The van der Waals surface area contributed by atoms with Crippen molar-refractivity contribution in [3.05, 3.63) is 200 Å². The molecule has 0 N–H and O–H groups in total. The van der Waals surface area contributed by atoms with Crippen LogP contribution in [0.2, 0.25) is 0 Å². The standard InChI is InChI=1S/C51H33N3/c1-4-15-36(16-5-1)47-33-48(54-51(53-47)39-19-8-3-9-20-39)37-28-26-34(27-29-37)40-30-31-46-45(32-40)49-43(42-23-12-21-35-14-10-11-22-41(35)42)24-13-25-44(49)50(52-46)38-17-6-2-7-18-38/h1-33H. The van der Waals surface area contributed by atoms with Gasteiger partial charge in [-0.25, -0.2) is 15.0 Å². The lowest BCUT2D eigenvalue weighted by Crippen LogP contribution is -1.95. The van der Waals surface area contributed by atoms with Crippen molar-refractivity contribution in [2.24, 2.45) is 0 Å². The Hall–Kier alpha value is -7.23. The maximum atomic E-state index is 5.31. The Balaban J connectivity index is 1.13. The first-order chi connectivity index (χ1) is 26.8. The number of fused-ring (bicyclic) bond motifs is 4. The lowest BCUT2D eigenvalue weighted by molar-refractivity contribution is 1.18. The highest BCUT2D eigenvalue weighted by Gasteiger charge is 2.17. The molecule has 0 radical (unpaired) electrons. The Morgan fingerprint density at radius 1 is 0.296 bits per heavy atom. The number of benzene rings is 8. The predicted molar refractivity (Wildman–Crippen MR) is 225 cm³/mol. The van der Waals surface area contributed by atoms with E-state index in [9.17, 15) is 0 Å². The molecule has 0 saturated heterocycles. The van der Waals surface area contributed by atoms with Crippen molar-refractivity contribution in [2.75, 3.05) is 0 Å². The Morgan fingerprint density at radius 3 is 1.57 bits per heavy atom. The zero-order valence-corrected chi connectivity index (χ0v) is 29.4. The number of hydrogen-bond donors (Lipinski definition) is 0. The Labute approximate surface area is 313 Å². The molecule has 0 amide bonds. The van der Waals surface area contributed by atoms with Crippen LogP contribution in [0.15, 0.2) is 200 Å². The van der Waals surface area contributed by atoms with Gasteiger partial charge in [0, 0.05) is 38.4 Å². The monoisotopic (exact) mass is 687 g/mol. The molecule has 3 nitrogen and oxygen atoms in total. The molecule has 0 aliphatic rings. The van der Waals surface area contributed by atoms with E-state index in [-0.39, 0.29) is 0 Å². The van der Waals surface area contributed by atoms with Gasteiger partial charge in [0.25, 0.3) is 0 Å². The second-order valence-electron chi connectivity index (χ2n) is 13.6. The molecule has 0 spiro atoms. The van der Waals surface area contributed by atoms with Gasteiger partial charge < -0.3 is 0 Å². The summed E-state index contributed by atoms with van der Waals surface area (Å²) in [5, 5.41) is 5.94. The summed E-state index contributed by atoms with van der Waals surface area (Å²) in [7, 11) is 0. The number of aromatic nitrogens is 3. The summed E-state index contributed by atoms with van der Waals surface area (Å²) in [6.45, 7) is 0. The number of hydrogen-bond acceptors (Lipinski definition) is 3. The van der Waals surface area contributed by atoms with Crippen LogP contribution in [0, 0.1) is 0 Å². The zero-order chi connectivity index (χ0) is 35.8. The first kappa shape index (κ1) is 31.5. The summed E-state index contributed by atoms with van der Waals surface area (Å²) in [5.41, 5.74) is 12.6. The lowest BCUT2D eigenvalue weighted by atomic mass is 9.90. The first-order valence-corrected chi connectivity index (χ1v) is 18.3. The van der Waals surface area contributed by atoms with Gasteiger partial charge in [-0.3, -0.25) is 0 Å². The van der Waals surface area contributed by atoms with Crippen LogP contribution in [0.25, 0.3) is 99.9 Å². The van der Waals surface area contributed by atoms with E-state index in [1.54, 1.807) is 0 Å². The van der Waals surface area contributed by atoms with Crippen LogP contribution >= 0.6 is 0 Å². The second kappa shape index (κ2) is 13.4. The van der Waals surface area contributed by atoms with Crippen LogP contribution in [0.3, 0.4) is 0 Å². The molecule has 0 aliphatic heterocycles. The van der Waals surface area contributed by atoms with Gasteiger partial charge in [-0.1, -0.05) is 182 Å². The molecule has 10 aromatic rings. The summed E-state index contributed by atoms with van der Waals surface area (Å²) in [5.74, 6) is 0.710. The molecule has 0 aliphatic carbocycles. The van der Waals surface area contributed by atoms with E-state index in [0.29, 0.717) is 5.82 Å². The maximum absolute atomic E-state index is 5.31. The van der Waals surface area contributed by atoms with Gasteiger partial charge in [-0.05, 0) is 51.2 Å². The molecule has 0 bridgehead atoms. The molecule has 0 atom stereocenters. The van der Waals surface area contributed by atoms with Crippen molar-refractivity contribution < 1.29 is 0 Å². The fourth-order valence-electron chi connectivity index (χ4n) is 7.64. The number of pyridine rings is 1. The molecular formula is C51H33N3. The third-order valence-electron chi connectivity index (χ3n) is 10.3. The van der Waals surface area contributed by atoms with E-state index in [4.69, 9.17) is 15.0 Å². The third kappa shape index (κ3) is 5.69. The zero-order valence-electron chi connectivity index (χ0n) is 29.4. The molecule has 3 heteroatoms. The molecule has 0 saturated carbocycles. The van der Waals surface area contributed by atoms with Crippen molar-refractivity contribution in [1.29, 1.82) is 0 Å². The van der Waals surface area contributed by atoms with Crippen molar-refractivity contribution in [3.63, 3.8) is 0 Å². The van der Waals surface area contributed by atoms with Crippen LogP contribution in [0.4, 0.5) is 0 Å². The smallest absolute Gasteiger partial charge is 0.160 e. The fourth-order valence-corrected chi connectivity index (χ4v) is 7.64. The van der Waals surface area contributed by atoms with E-state index in [1.165, 1.54) is 27.3 Å². The minimum atomic E-state index is 0.710. The fraction of sp³-hybridized carbons (Fsp3) is 0. The van der Waals surface area contributed by atoms with E-state index in [0.717, 1.165) is 66.8 Å². The molecule has 2 aromatic heterocycles. The van der Waals surface area contributed by atoms with E-state index >= 15 is 0 Å². The quantitative estimate of drug-likeness (QED) is 0.163. The highest BCUT2D eigenvalue weighted by molar-refractivity contribution is 6.19. The van der Waals surface area contributed by atoms with Crippen molar-refractivity contribution in [2.45, 2.75) is 0 Å². The van der Waals surface area contributed by atoms with Gasteiger partial charge in [0.15, 0.2) is 5.82 Å². The minimum Gasteiger partial charge on any atom is -0.247 e. The summed E-state index contributed by atoms with van der Waals surface area (Å²) < 4.78 is 0. The maximum Gasteiger partial charge on any atom is 0.160 e. The molecule has 10 rings (SSSR count). The second-order valence-corrected chi connectivity index (χ2v) is 13.6. The minimum absolute atomic E-state index is 0.710. The van der Waals surface area contributed by atoms with Gasteiger partial charge in [-0.2, -0.15) is 0 Å². The van der Waals surface area contributed by atoms with Gasteiger partial charge >= 0.3 is 0 Å². The average molecular weight is 688 g/mol. The summed E-state index contributed by atoms with van der Waals surface area (Å²) >= 11 is 0. The van der Waals surface area contributed by atoms with E-state index in [1.807, 2.05) is 36.4 Å². The topological polar surface area (TPSA) is 38.7 Å². The van der Waals surface area contributed by atoms with Crippen LogP contribution in [-0.2, 0) is 0 Å². The number of nitrogens with zero attached hydrogens (tertiary/aromatic N) is 3. The van der Waals surface area contributed by atoms with Crippen LogP contribution < -0.4 is 0 Å². The third-order valence-corrected chi connectivity index (χ3v) is 10.3. The van der Waals surface area contributed by atoms with Crippen molar-refractivity contribution in [3.8, 4) is 67.4 Å². The van der Waals surface area contributed by atoms with Crippen LogP contribution in [0.5, 0.6) is 0 Å². The van der Waals surface area contributed by atoms with E-state index in [2.05, 4.69) is 164 Å². The molecule has 2 heterocycles. The highest BCUT2D eigenvalue weighted by Crippen LogP contribution is 2.42. The largest absolute Gasteiger partial charge is 0.247 e. The molecule has 8 aromatic carbocycles. The van der Waals surface area contributed by atoms with Crippen LogP contribution in [-0.4, -0.2) is 15.0 Å². The lowest BCUT2D eigenvalue weighted by Gasteiger charge is -2.16. The van der Waals surface area contributed by atoms with Gasteiger partial charge in [0.1, 0.15) is 0 Å². The van der Waals surface area contributed by atoms with Gasteiger partial charge in [0.2, 0.25) is 0 Å². The summed E-state index contributed by atoms with van der Waals surface area (Å²) in [6, 6.07) is 70.4. The number of rotatable bonds is 6. The van der Waals surface area contributed by atoms with Gasteiger partial charge in [0.05, 0.1) is 22.6 Å².